The highest BCUT2D eigenvalue weighted by Crippen LogP contribution is 2.25. The molecule has 1 unspecified atom stereocenters. The Kier molecular flexibility index (Phi) is 4.12. The maximum atomic E-state index is 3.54. The van der Waals surface area contributed by atoms with E-state index < -0.39 is 0 Å². The minimum Gasteiger partial charge on any atom is -0.377 e. The molecule has 1 saturated heterocycles. The molecule has 0 aromatic heterocycles. The van der Waals surface area contributed by atoms with E-state index in [9.17, 15) is 0 Å². The smallest absolute Gasteiger partial charge is 0.0411 e. The molecule has 1 N–H and O–H groups in total. The van der Waals surface area contributed by atoms with Crippen LogP contribution in [0.25, 0.3) is 0 Å². The second-order valence-corrected chi connectivity index (χ2v) is 5.50. The van der Waals surface area contributed by atoms with Gasteiger partial charge in [0.2, 0.25) is 0 Å². The van der Waals surface area contributed by atoms with E-state index in [0.717, 1.165) is 19.6 Å². The average Bonchev–Trinajstić information content (AvgIpc) is 2.54. The van der Waals surface area contributed by atoms with Gasteiger partial charge in [-0.1, -0.05) is 6.07 Å². The summed E-state index contributed by atoms with van der Waals surface area (Å²) in [6.07, 6.45) is 1.21. The summed E-state index contributed by atoms with van der Waals surface area (Å²) >= 11 is 0. The molecule has 3 nitrogen and oxygen atoms in total. The van der Waals surface area contributed by atoms with Crippen LogP contribution < -0.4 is 15.1 Å². The fourth-order valence-corrected chi connectivity index (χ4v) is 2.54. The van der Waals surface area contributed by atoms with Crippen molar-refractivity contribution in [1.29, 1.82) is 0 Å². The Labute approximate surface area is 111 Å². The monoisotopic (exact) mass is 247 g/mol. The molecule has 0 radical (unpaired) electrons. The van der Waals surface area contributed by atoms with Gasteiger partial charge in [-0.3, -0.25) is 0 Å². The molecule has 18 heavy (non-hydrogen) atoms. The minimum absolute atomic E-state index is 0.633. The first-order valence-corrected chi connectivity index (χ1v) is 6.84. The van der Waals surface area contributed by atoms with Crippen LogP contribution in [0.5, 0.6) is 0 Å². The lowest BCUT2D eigenvalue weighted by Gasteiger charge is -2.25. The highest BCUT2D eigenvalue weighted by Gasteiger charge is 2.14. The van der Waals surface area contributed by atoms with E-state index in [1.54, 1.807) is 0 Å². The van der Waals surface area contributed by atoms with Gasteiger partial charge in [0, 0.05) is 51.1 Å². The molecule has 1 aromatic carbocycles. The molecule has 100 valence electrons. The molecule has 0 spiro atoms. The molecule has 1 aromatic rings. The van der Waals surface area contributed by atoms with E-state index >= 15 is 0 Å². The summed E-state index contributed by atoms with van der Waals surface area (Å²) in [5, 5.41) is 3.54. The normalized spacial score (nSPS) is 20.7. The summed E-state index contributed by atoms with van der Waals surface area (Å²) in [4.78, 5) is 4.68. The second-order valence-electron chi connectivity index (χ2n) is 5.50. The predicted octanol–water partition coefficient (Wildman–Crippen LogP) is 2.25. The largest absolute Gasteiger partial charge is 0.377 e. The molecule has 2 rings (SSSR count). The quantitative estimate of drug-likeness (QED) is 0.865. The molecule has 0 aliphatic carbocycles. The van der Waals surface area contributed by atoms with Crippen LogP contribution >= 0.6 is 0 Å². The van der Waals surface area contributed by atoms with Gasteiger partial charge in [0.05, 0.1) is 0 Å². The van der Waals surface area contributed by atoms with Crippen molar-refractivity contribution in [2.24, 2.45) is 0 Å². The standard InChI is InChI=1S/C15H25N3/c1-12-5-6-14(11-15(12)17(3)4)18-9-7-13(2)16-8-10-18/h5-6,11,13,16H,7-10H2,1-4H3. The van der Waals surface area contributed by atoms with E-state index in [4.69, 9.17) is 0 Å². The van der Waals surface area contributed by atoms with Crippen molar-refractivity contribution in [3.8, 4) is 0 Å². The zero-order valence-corrected chi connectivity index (χ0v) is 12.0. The maximum Gasteiger partial charge on any atom is 0.0411 e. The van der Waals surface area contributed by atoms with Crippen molar-refractivity contribution in [3.63, 3.8) is 0 Å². The number of hydrogen-bond donors (Lipinski definition) is 1. The number of aryl methyl sites for hydroxylation is 1. The van der Waals surface area contributed by atoms with Crippen LogP contribution in [-0.2, 0) is 0 Å². The fourth-order valence-electron chi connectivity index (χ4n) is 2.54. The molecule has 0 bridgehead atoms. The Hall–Kier alpha value is -1.22. The van der Waals surface area contributed by atoms with Crippen LogP contribution in [0.15, 0.2) is 18.2 Å². The number of rotatable bonds is 2. The molecule has 1 fully saturated rings. The SMILES string of the molecule is Cc1ccc(N2CCNC(C)CC2)cc1N(C)C. The third kappa shape index (κ3) is 2.96. The van der Waals surface area contributed by atoms with Crippen molar-refractivity contribution < 1.29 is 0 Å². The van der Waals surface area contributed by atoms with Gasteiger partial charge < -0.3 is 15.1 Å². The van der Waals surface area contributed by atoms with Gasteiger partial charge in [-0.15, -0.1) is 0 Å². The van der Waals surface area contributed by atoms with E-state index in [2.05, 4.69) is 61.3 Å². The van der Waals surface area contributed by atoms with Crippen LogP contribution in [0.4, 0.5) is 11.4 Å². The van der Waals surface area contributed by atoms with Crippen molar-refractivity contribution in [2.75, 3.05) is 43.5 Å². The van der Waals surface area contributed by atoms with E-state index in [1.807, 2.05) is 0 Å². The van der Waals surface area contributed by atoms with Crippen LogP contribution in [0.1, 0.15) is 18.9 Å². The molecule has 0 amide bonds. The Morgan fingerprint density at radius 3 is 2.78 bits per heavy atom. The van der Waals surface area contributed by atoms with Crippen molar-refractivity contribution >= 4 is 11.4 Å². The van der Waals surface area contributed by atoms with Gasteiger partial charge in [-0.05, 0) is 38.0 Å². The summed E-state index contributed by atoms with van der Waals surface area (Å²) in [7, 11) is 4.22. The Morgan fingerprint density at radius 1 is 1.28 bits per heavy atom. The molecular formula is C15H25N3. The highest BCUT2D eigenvalue weighted by atomic mass is 15.2. The lowest BCUT2D eigenvalue weighted by molar-refractivity contribution is 0.566. The average molecular weight is 247 g/mol. The number of anilines is 2. The van der Waals surface area contributed by atoms with Crippen molar-refractivity contribution in [3.05, 3.63) is 23.8 Å². The number of nitrogens with one attached hydrogen (secondary N) is 1. The zero-order valence-electron chi connectivity index (χ0n) is 12.0. The van der Waals surface area contributed by atoms with Crippen LogP contribution in [0.2, 0.25) is 0 Å². The summed E-state index contributed by atoms with van der Waals surface area (Å²) in [5.74, 6) is 0. The maximum absolute atomic E-state index is 3.54. The molecule has 1 aliphatic rings. The second kappa shape index (κ2) is 5.61. The molecule has 1 aliphatic heterocycles. The number of benzene rings is 1. The van der Waals surface area contributed by atoms with E-state index in [1.165, 1.54) is 23.4 Å². The van der Waals surface area contributed by atoms with Crippen LogP contribution in [0.3, 0.4) is 0 Å². The van der Waals surface area contributed by atoms with Crippen molar-refractivity contribution in [1.82, 2.24) is 5.32 Å². The number of nitrogens with zero attached hydrogens (tertiary/aromatic N) is 2. The first-order chi connectivity index (χ1) is 8.58. The Bertz CT molecular complexity index is 401. The van der Waals surface area contributed by atoms with Gasteiger partial charge in [0.1, 0.15) is 0 Å². The molecule has 1 heterocycles. The lowest BCUT2D eigenvalue weighted by atomic mass is 10.1. The van der Waals surface area contributed by atoms with Crippen LogP contribution in [0, 0.1) is 6.92 Å². The third-order valence-electron chi connectivity index (χ3n) is 3.75. The van der Waals surface area contributed by atoms with Gasteiger partial charge in [0.25, 0.3) is 0 Å². The Balaban J connectivity index is 2.19. The minimum atomic E-state index is 0.633. The number of hydrogen-bond acceptors (Lipinski definition) is 3. The van der Waals surface area contributed by atoms with E-state index in [0.29, 0.717) is 6.04 Å². The summed E-state index contributed by atoms with van der Waals surface area (Å²) in [5.41, 5.74) is 4.00. The topological polar surface area (TPSA) is 18.5 Å². The lowest BCUT2D eigenvalue weighted by Crippen LogP contribution is -2.29. The molecule has 3 heteroatoms. The van der Waals surface area contributed by atoms with Crippen molar-refractivity contribution in [2.45, 2.75) is 26.3 Å². The summed E-state index contributed by atoms with van der Waals surface area (Å²) in [6.45, 7) is 7.76. The van der Waals surface area contributed by atoms with Gasteiger partial charge in [-0.2, -0.15) is 0 Å². The van der Waals surface area contributed by atoms with E-state index in [-0.39, 0.29) is 0 Å². The highest BCUT2D eigenvalue weighted by molar-refractivity contribution is 5.63. The molecule has 1 atom stereocenters. The zero-order chi connectivity index (χ0) is 13.1. The van der Waals surface area contributed by atoms with Gasteiger partial charge in [0.15, 0.2) is 0 Å². The first kappa shape index (κ1) is 13.2. The predicted molar refractivity (Wildman–Crippen MR) is 79.8 cm³/mol. The van der Waals surface area contributed by atoms with Crippen LogP contribution in [-0.4, -0.2) is 39.8 Å². The summed E-state index contributed by atoms with van der Waals surface area (Å²) < 4.78 is 0. The summed E-state index contributed by atoms with van der Waals surface area (Å²) in [6, 6.07) is 7.42. The first-order valence-electron chi connectivity index (χ1n) is 6.84. The molecule has 0 saturated carbocycles. The fraction of sp³-hybridized carbons (Fsp3) is 0.600. The third-order valence-corrected chi connectivity index (χ3v) is 3.75. The molecular weight excluding hydrogens is 222 g/mol. The van der Waals surface area contributed by atoms with Gasteiger partial charge >= 0.3 is 0 Å². The Morgan fingerprint density at radius 2 is 2.06 bits per heavy atom. The van der Waals surface area contributed by atoms with Gasteiger partial charge in [-0.25, -0.2) is 0 Å².